The van der Waals surface area contributed by atoms with Crippen molar-refractivity contribution in [1.82, 2.24) is 5.32 Å². The van der Waals surface area contributed by atoms with Gasteiger partial charge in [0.15, 0.2) is 0 Å². The standard InChI is InChI=1S/C11H22N2O3/c1-8-2-4-11(7-14,5-3-8)13-6-9(12)10(15)16/h8-9,13-14H,2-7,12H2,1H3,(H,15,16). The third-order valence-electron chi connectivity index (χ3n) is 3.55. The molecule has 1 rings (SSSR count). The summed E-state index contributed by atoms with van der Waals surface area (Å²) in [5.41, 5.74) is 5.11. The van der Waals surface area contributed by atoms with Crippen LogP contribution in [0.5, 0.6) is 0 Å². The number of aliphatic carboxylic acids is 1. The Labute approximate surface area is 96.0 Å². The summed E-state index contributed by atoms with van der Waals surface area (Å²) in [7, 11) is 0. The molecule has 94 valence electrons. The van der Waals surface area contributed by atoms with Crippen LogP contribution in [0, 0.1) is 5.92 Å². The highest BCUT2D eigenvalue weighted by Gasteiger charge is 2.33. The molecule has 1 unspecified atom stereocenters. The maximum Gasteiger partial charge on any atom is 0.321 e. The van der Waals surface area contributed by atoms with Crippen molar-refractivity contribution >= 4 is 5.97 Å². The first kappa shape index (κ1) is 13.4. The first-order valence-corrected chi connectivity index (χ1v) is 5.83. The van der Waals surface area contributed by atoms with E-state index >= 15 is 0 Å². The predicted octanol–water partition coefficient (Wildman–Crippen LogP) is -0.0709. The van der Waals surface area contributed by atoms with Gasteiger partial charge in [0.25, 0.3) is 0 Å². The Balaban J connectivity index is 2.45. The molecule has 0 spiro atoms. The smallest absolute Gasteiger partial charge is 0.321 e. The molecule has 5 heteroatoms. The van der Waals surface area contributed by atoms with E-state index in [4.69, 9.17) is 10.8 Å². The van der Waals surface area contributed by atoms with Gasteiger partial charge in [-0.05, 0) is 31.6 Å². The van der Waals surface area contributed by atoms with Crippen LogP contribution in [0.15, 0.2) is 0 Å². The van der Waals surface area contributed by atoms with Gasteiger partial charge in [0.2, 0.25) is 0 Å². The average molecular weight is 230 g/mol. The average Bonchev–Trinajstić information content (AvgIpc) is 2.28. The van der Waals surface area contributed by atoms with Crippen LogP contribution >= 0.6 is 0 Å². The maximum atomic E-state index is 10.6. The largest absolute Gasteiger partial charge is 0.480 e. The van der Waals surface area contributed by atoms with Crippen molar-refractivity contribution < 1.29 is 15.0 Å². The highest BCUT2D eigenvalue weighted by molar-refractivity contribution is 5.73. The maximum absolute atomic E-state index is 10.6. The van der Waals surface area contributed by atoms with Crippen LogP contribution in [0.2, 0.25) is 0 Å². The van der Waals surface area contributed by atoms with E-state index in [1.54, 1.807) is 0 Å². The molecule has 0 aromatic heterocycles. The van der Waals surface area contributed by atoms with Gasteiger partial charge >= 0.3 is 5.97 Å². The highest BCUT2D eigenvalue weighted by Crippen LogP contribution is 2.31. The van der Waals surface area contributed by atoms with Gasteiger partial charge in [-0.1, -0.05) is 6.92 Å². The van der Waals surface area contributed by atoms with E-state index in [1.165, 1.54) is 0 Å². The van der Waals surface area contributed by atoms with Crippen molar-refractivity contribution in [2.75, 3.05) is 13.2 Å². The molecule has 0 saturated heterocycles. The van der Waals surface area contributed by atoms with Crippen LogP contribution < -0.4 is 11.1 Å². The molecule has 16 heavy (non-hydrogen) atoms. The molecule has 0 bridgehead atoms. The molecule has 1 atom stereocenters. The third kappa shape index (κ3) is 3.43. The topological polar surface area (TPSA) is 95.6 Å². The second kappa shape index (κ2) is 5.61. The molecule has 0 radical (unpaired) electrons. The van der Waals surface area contributed by atoms with Crippen molar-refractivity contribution in [2.45, 2.75) is 44.2 Å². The number of nitrogens with one attached hydrogen (secondary N) is 1. The third-order valence-corrected chi connectivity index (χ3v) is 3.55. The van der Waals surface area contributed by atoms with Gasteiger partial charge in [0.1, 0.15) is 6.04 Å². The van der Waals surface area contributed by atoms with Crippen molar-refractivity contribution in [2.24, 2.45) is 11.7 Å². The SMILES string of the molecule is CC1CCC(CO)(NCC(N)C(=O)O)CC1. The Bertz CT molecular complexity index is 237. The second-order valence-corrected chi connectivity index (χ2v) is 4.95. The highest BCUT2D eigenvalue weighted by atomic mass is 16.4. The van der Waals surface area contributed by atoms with Gasteiger partial charge in [-0.25, -0.2) is 0 Å². The zero-order chi connectivity index (χ0) is 12.2. The molecule has 0 aliphatic heterocycles. The van der Waals surface area contributed by atoms with Crippen molar-refractivity contribution in [3.63, 3.8) is 0 Å². The number of rotatable bonds is 5. The van der Waals surface area contributed by atoms with E-state index in [0.29, 0.717) is 5.92 Å². The summed E-state index contributed by atoms with van der Waals surface area (Å²) in [6.45, 7) is 2.46. The van der Waals surface area contributed by atoms with Crippen LogP contribution in [0.25, 0.3) is 0 Å². The van der Waals surface area contributed by atoms with E-state index in [2.05, 4.69) is 12.2 Å². The first-order valence-electron chi connectivity index (χ1n) is 5.83. The summed E-state index contributed by atoms with van der Waals surface area (Å²) in [6, 6.07) is -0.900. The van der Waals surface area contributed by atoms with Crippen molar-refractivity contribution in [3.05, 3.63) is 0 Å². The fourth-order valence-corrected chi connectivity index (χ4v) is 2.12. The number of carboxylic acids is 1. The Morgan fingerprint density at radius 1 is 1.56 bits per heavy atom. The molecular formula is C11H22N2O3. The molecule has 1 aliphatic rings. The van der Waals surface area contributed by atoms with E-state index in [-0.39, 0.29) is 18.7 Å². The first-order chi connectivity index (χ1) is 7.49. The quantitative estimate of drug-likeness (QED) is 0.530. The minimum atomic E-state index is -1.01. The second-order valence-electron chi connectivity index (χ2n) is 4.95. The number of aliphatic hydroxyl groups is 1. The monoisotopic (exact) mass is 230 g/mol. The molecule has 5 N–H and O–H groups in total. The van der Waals surface area contributed by atoms with E-state index < -0.39 is 12.0 Å². The molecular weight excluding hydrogens is 208 g/mol. The summed E-state index contributed by atoms with van der Waals surface area (Å²) in [5.74, 6) is -0.320. The lowest BCUT2D eigenvalue weighted by Crippen LogP contribution is -2.55. The minimum Gasteiger partial charge on any atom is -0.480 e. The number of hydrogen-bond donors (Lipinski definition) is 4. The number of aliphatic hydroxyl groups excluding tert-OH is 1. The Hall–Kier alpha value is -0.650. The summed E-state index contributed by atoms with van der Waals surface area (Å²) >= 11 is 0. The molecule has 5 nitrogen and oxygen atoms in total. The molecule has 0 amide bonds. The number of hydrogen-bond acceptors (Lipinski definition) is 4. The fourth-order valence-electron chi connectivity index (χ4n) is 2.12. The summed E-state index contributed by atoms with van der Waals surface area (Å²) < 4.78 is 0. The molecule has 0 aromatic carbocycles. The fraction of sp³-hybridized carbons (Fsp3) is 0.909. The number of carboxylic acid groups (broad SMARTS) is 1. The lowest BCUT2D eigenvalue weighted by molar-refractivity contribution is -0.138. The Kier molecular flexibility index (Phi) is 4.70. The van der Waals surface area contributed by atoms with Gasteiger partial charge in [0.05, 0.1) is 6.61 Å². The van der Waals surface area contributed by atoms with Gasteiger partial charge in [-0.3, -0.25) is 4.79 Å². The Morgan fingerprint density at radius 2 is 2.12 bits per heavy atom. The lowest BCUT2D eigenvalue weighted by Gasteiger charge is -2.39. The molecule has 0 heterocycles. The number of nitrogens with two attached hydrogens (primary N) is 1. The molecule has 1 fully saturated rings. The van der Waals surface area contributed by atoms with Crippen molar-refractivity contribution in [1.29, 1.82) is 0 Å². The summed E-state index contributed by atoms with van der Waals surface area (Å²) in [6.07, 6.45) is 3.90. The zero-order valence-electron chi connectivity index (χ0n) is 9.78. The van der Waals surface area contributed by atoms with E-state index in [0.717, 1.165) is 25.7 Å². The van der Waals surface area contributed by atoms with Crippen LogP contribution in [0.1, 0.15) is 32.6 Å². The summed E-state index contributed by atoms with van der Waals surface area (Å²) in [4.78, 5) is 10.6. The van der Waals surface area contributed by atoms with Crippen molar-refractivity contribution in [3.8, 4) is 0 Å². The van der Waals surface area contributed by atoms with Crippen LogP contribution in [-0.4, -0.2) is 40.9 Å². The molecule has 1 saturated carbocycles. The van der Waals surface area contributed by atoms with Gasteiger partial charge in [0, 0.05) is 12.1 Å². The minimum absolute atomic E-state index is 0.0477. The lowest BCUT2D eigenvalue weighted by atomic mass is 9.77. The van der Waals surface area contributed by atoms with Crippen LogP contribution in [0.3, 0.4) is 0 Å². The number of carbonyl (C=O) groups is 1. The Morgan fingerprint density at radius 3 is 2.56 bits per heavy atom. The predicted molar refractivity (Wildman–Crippen MR) is 61.1 cm³/mol. The molecule has 0 aromatic rings. The van der Waals surface area contributed by atoms with Gasteiger partial charge in [-0.15, -0.1) is 0 Å². The molecule has 1 aliphatic carbocycles. The normalized spacial score (nSPS) is 32.3. The van der Waals surface area contributed by atoms with E-state index in [9.17, 15) is 9.90 Å². The van der Waals surface area contributed by atoms with Crippen LogP contribution in [0.4, 0.5) is 0 Å². The van der Waals surface area contributed by atoms with Gasteiger partial charge < -0.3 is 21.3 Å². The van der Waals surface area contributed by atoms with Crippen LogP contribution in [-0.2, 0) is 4.79 Å². The van der Waals surface area contributed by atoms with Gasteiger partial charge in [-0.2, -0.15) is 0 Å². The van der Waals surface area contributed by atoms with E-state index in [1.807, 2.05) is 0 Å². The zero-order valence-corrected chi connectivity index (χ0v) is 9.78. The summed E-state index contributed by atoms with van der Waals surface area (Å²) in [5, 5.41) is 21.2.